The van der Waals surface area contributed by atoms with E-state index in [0.717, 1.165) is 39.8 Å². The molecule has 0 fully saturated rings. The second-order valence-electron chi connectivity index (χ2n) is 8.14. The first-order chi connectivity index (χ1) is 17.4. The summed E-state index contributed by atoms with van der Waals surface area (Å²) in [5, 5.41) is 11.5. The smallest absolute Gasteiger partial charge is 0.338 e. The minimum Gasteiger partial charge on any atom is -0.462 e. The average molecular weight is 501 g/mol. The van der Waals surface area contributed by atoms with Gasteiger partial charge in [-0.3, -0.25) is 4.68 Å². The summed E-state index contributed by atoms with van der Waals surface area (Å²) in [6, 6.07) is 24.7. The van der Waals surface area contributed by atoms with Gasteiger partial charge in [-0.25, -0.2) is 4.79 Å². The van der Waals surface area contributed by atoms with E-state index in [1.807, 2.05) is 73.1 Å². The number of carbonyl (C=O) groups excluding carboxylic acids is 1. The lowest BCUT2D eigenvalue weighted by atomic mass is 10.2. The molecule has 0 aliphatic heterocycles. The lowest BCUT2D eigenvalue weighted by Gasteiger charge is -2.12. The Bertz CT molecular complexity index is 1350. The van der Waals surface area contributed by atoms with Crippen molar-refractivity contribution in [2.24, 2.45) is 0 Å². The molecule has 1 aromatic heterocycles. The molecule has 0 aliphatic carbocycles. The number of benzene rings is 3. The number of thiocarbonyl (C=S) groups is 1. The van der Waals surface area contributed by atoms with Crippen LogP contribution in [-0.2, 0) is 11.3 Å². The molecule has 0 saturated carbocycles. The average Bonchev–Trinajstić information content (AvgIpc) is 3.12. The van der Waals surface area contributed by atoms with Crippen molar-refractivity contribution in [3.63, 3.8) is 0 Å². The van der Waals surface area contributed by atoms with Gasteiger partial charge in [0.2, 0.25) is 0 Å². The maximum atomic E-state index is 11.8. The van der Waals surface area contributed by atoms with Crippen LogP contribution in [-0.4, -0.2) is 27.5 Å². The first kappa shape index (κ1) is 24.9. The number of para-hydroxylation sites is 1. The van der Waals surface area contributed by atoms with Crippen molar-refractivity contribution in [3.05, 3.63) is 101 Å². The van der Waals surface area contributed by atoms with E-state index in [-0.39, 0.29) is 5.97 Å². The molecular weight excluding hydrogens is 472 g/mol. The summed E-state index contributed by atoms with van der Waals surface area (Å²) in [6.45, 7) is 6.66. The predicted molar refractivity (Wildman–Crippen MR) is 146 cm³/mol. The van der Waals surface area contributed by atoms with Gasteiger partial charge >= 0.3 is 5.97 Å². The number of esters is 1. The van der Waals surface area contributed by atoms with E-state index >= 15 is 0 Å². The van der Waals surface area contributed by atoms with Crippen molar-refractivity contribution in [2.45, 2.75) is 27.3 Å². The van der Waals surface area contributed by atoms with Gasteiger partial charge in [0.05, 0.1) is 35.8 Å². The Morgan fingerprint density at radius 2 is 1.67 bits per heavy atom. The van der Waals surface area contributed by atoms with Crippen molar-refractivity contribution in [3.8, 4) is 11.5 Å². The van der Waals surface area contributed by atoms with Crippen LogP contribution in [0.3, 0.4) is 0 Å². The number of hydrogen-bond acceptors (Lipinski definition) is 5. The monoisotopic (exact) mass is 500 g/mol. The van der Waals surface area contributed by atoms with Crippen LogP contribution >= 0.6 is 12.2 Å². The lowest BCUT2D eigenvalue weighted by molar-refractivity contribution is 0.0526. The molecule has 2 N–H and O–H groups in total. The number of carbonyl (C=O) groups is 1. The Labute approximate surface area is 216 Å². The molecule has 0 atom stereocenters. The SMILES string of the molecule is CCOC(=O)c1ccc(NC(=S)Nc2c(C)nn(Cc3cccc(Oc4ccccc4)c3)c2C)cc1. The van der Waals surface area contributed by atoms with Crippen LogP contribution in [0, 0.1) is 13.8 Å². The fourth-order valence-corrected chi connectivity index (χ4v) is 3.94. The van der Waals surface area contributed by atoms with E-state index in [9.17, 15) is 4.79 Å². The molecule has 0 spiro atoms. The zero-order valence-corrected chi connectivity index (χ0v) is 21.3. The van der Waals surface area contributed by atoms with E-state index in [4.69, 9.17) is 26.8 Å². The molecule has 36 heavy (non-hydrogen) atoms. The number of rotatable bonds is 8. The summed E-state index contributed by atoms with van der Waals surface area (Å²) >= 11 is 5.51. The largest absolute Gasteiger partial charge is 0.462 e. The number of aryl methyl sites for hydroxylation is 1. The molecule has 0 radical (unpaired) electrons. The van der Waals surface area contributed by atoms with Crippen LogP contribution in [0.4, 0.5) is 11.4 Å². The minimum absolute atomic E-state index is 0.339. The highest BCUT2D eigenvalue weighted by Crippen LogP contribution is 2.24. The van der Waals surface area contributed by atoms with Crippen LogP contribution in [0.25, 0.3) is 0 Å². The third-order valence-corrected chi connectivity index (χ3v) is 5.69. The summed E-state index contributed by atoms with van der Waals surface area (Å²) < 4.78 is 12.9. The quantitative estimate of drug-likeness (QED) is 0.216. The molecule has 4 aromatic rings. The predicted octanol–water partition coefficient (Wildman–Crippen LogP) is 6.33. The molecule has 0 bridgehead atoms. The summed E-state index contributed by atoms with van der Waals surface area (Å²) in [5.41, 5.74) is 4.98. The van der Waals surface area contributed by atoms with Crippen molar-refractivity contribution in [1.29, 1.82) is 0 Å². The molecule has 4 rings (SSSR count). The number of hydrogen-bond donors (Lipinski definition) is 2. The van der Waals surface area contributed by atoms with Crippen LogP contribution < -0.4 is 15.4 Å². The third kappa shape index (κ3) is 6.28. The Morgan fingerprint density at radius 3 is 2.39 bits per heavy atom. The highest BCUT2D eigenvalue weighted by Gasteiger charge is 2.14. The Kier molecular flexibility index (Phi) is 7.97. The van der Waals surface area contributed by atoms with Crippen molar-refractivity contribution in [2.75, 3.05) is 17.2 Å². The highest BCUT2D eigenvalue weighted by atomic mass is 32.1. The first-order valence-corrected chi connectivity index (χ1v) is 12.0. The fourth-order valence-electron chi connectivity index (χ4n) is 3.72. The van der Waals surface area contributed by atoms with E-state index in [2.05, 4.69) is 10.6 Å². The normalized spacial score (nSPS) is 10.5. The van der Waals surface area contributed by atoms with Gasteiger partial charge in [0.15, 0.2) is 5.11 Å². The molecular formula is C28H28N4O3S. The molecule has 7 nitrogen and oxygen atoms in total. The molecule has 0 unspecified atom stereocenters. The second kappa shape index (κ2) is 11.5. The summed E-state index contributed by atoms with van der Waals surface area (Å²) in [6.07, 6.45) is 0. The van der Waals surface area contributed by atoms with Gasteiger partial charge in [0.1, 0.15) is 11.5 Å². The molecule has 8 heteroatoms. The first-order valence-electron chi connectivity index (χ1n) is 11.6. The molecule has 0 amide bonds. The van der Waals surface area contributed by atoms with Crippen molar-refractivity contribution < 1.29 is 14.3 Å². The van der Waals surface area contributed by atoms with E-state index < -0.39 is 0 Å². The zero-order valence-electron chi connectivity index (χ0n) is 20.4. The van der Waals surface area contributed by atoms with E-state index in [1.165, 1.54) is 0 Å². The van der Waals surface area contributed by atoms with Gasteiger partial charge in [-0.2, -0.15) is 5.10 Å². The molecule has 184 valence electrons. The van der Waals surface area contributed by atoms with Crippen molar-refractivity contribution >= 4 is 34.7 Å². The number of ether oxygens (including phenoxy) is 2. The van der Waals surface area contributed by atoms with Crippen LogP contribution in [0.1, 0.15) is 34.2 Å². The van der Waals surface area contributed by atoms with Gasteiger partial charge < -0.3 is 20.1 Å². The number of nitrogens with zero attached hydrogens (tertiary/aromatic N) is 2. The van der Waals surface area contributed by atoms with Gasteiger partial charge in [-0.05, 0) is 87.1 Å². The zero-order chi connectivity index (χ0) is 25.5. The topological polar surface area (TPSA) is 77.4 Å². The molecule has 0 saturated heterocycles. The fraction of sp³-hybridized carbons (Fsp3) is 0.179. The standard InChI is InChI=1S/C28H28N4O3S/c1-4-34-27(33)22-13-15-23(16-14-22)29-28(36)30-26-19(2)31-32(20(26)3)18-21-9-8-12-25(17-21)35-24-10-6-5-7-11-24/h5-17H,4,18H2,1-3H3,(H2,29,30,36). The molecule has 1 heterocycles. The van der Waals surface area contributed by atoms with Gasteiger partial charge in [0, 0.05) is 5.69 Å². The molecule has 0 aliphatic rings. The Hall–Kier alpha value is -4.17. The van der Waals surface area contributed by atoms with Gasteiger partial charge in [-0.15, -0.1) is 0 Å². The third-order valence-electron chi connectivity index (χ3n) is 5.48. The highest BCUT2D eigenvalue weighted by molar-refractivity contribution is 7.80. The lowest BCUT2D eigenvalue weighted by Crippen LogP contribution is -2.20. The Balaban J connectivity index is 1.41. The number of aromatic nitrogens is 2. The summed E-state index contributed by atoms with van der Waals surface area (Å²) in [4.78, 5) is 11.8. The number of nitrogens with one attached hydrogen (secondary N) is 2. The van der Waals surface area contributed by atoms with E-state index in [0.29, 0.717) is 23.8 Å². The summed E-state index contributed by atoms with van der Waals surface area (Å²) in [5.74, 6) is 1.22. The second-order valence-corrected chi connectivity index (χ2v) is 8.55. The maximum absolute atomic E-state index is 11.8. The van der Waals surface area contributed by atoms with Gasteiger partial charge in [-0.1, -0.05) is 30.3 Å². The van der Waals surface area contributed by atoms with Crippen LogP contribution in [0.15, 0.2) is 78.9 Å². The van der Waals surface area contributed by atoms with Crippen LogP contribution in [0.2, 0.25) is 0 Å². The summed E-state index contributed by atoms with van der Waals surface area (Å²) in [7, 11) is 0. The molecule has 3 aromatic carbocycles. The van der Waals surface area contributed by atoms with Gasteiger partial charge in [0.25, 0.3) is 0 Å². The Morgan fingerprint density at radius 1 is 0.944 bits per heavy atom. The minimum atomic E-state index is -0.347. The van der Waals surface area contributed by atoms with Crippen LogP contribution in [0.5, 0.6) is 11.5 Å². The van der Waals surface area contributed by atoms with E-state index in [1.54, 1.807) is 31.2 Å². The number of anilines is 2. The maximum Gasteiger partial charge on any atom is 0.338 e. The van der Waals surface area contributed by atoms with Crippen molar-refractivity contribution in [1.82, 2.24) is 9.78 Å².